The number of ether oxygens (including phenoxy) is 2. The van der Waals surface area contributed by atoms with Crippen molar-refractivity contribution in [2.45, 2.75) is 339 Å². The zero-order valence-electron chi connectivity index (χ0n) is 46.1. The molecule has 428 valence electrons. The highest BCUT2D eigenvalue weighted by atomic mass is 32.3. The molecule has 13 nitrogen and oxygen atoms in total. The number of hydrogen-bond acceptors (Lipinski definition) is 11. The highest BCUT2D eigenvalue weighted by Gasteiger charge is 2.48. The molecule has 0 aromatic carbocycles. The number of hydrogen-bond donors (Lipinski definition) is 7. The molecule has 0 bridgehead atoms. The molecule has 1 fully saturated rings. The smallest absolute Gasteiger partial charge is 0.394 e. The molecule has 0 spiro atoms. The largest absolute Gasteiger partial charge is 0.397 e. The van der Waals surface area contributed by atoms with E-state index >= 15 is 0 Å². The van der Waals surface area contributed by atoms with Crippen LogP contribution in [0.3, 0.4) is 0 Å². The van der Waals surface area contributed by atoms with Gasteiger partial charge in [-0.2, -0.15) is 8.42 Å². The van der Waals surface area contributed by atoms with E-state index in [2.05, 4.69) is 35.5 Å². The number of amides is 1. The molecular weight excluding hydrogens is 935 g/mol. The van der Waals surface area contributed by atoms with Gasteiger partial charge in [0.2, 0.25) is 5.91 Å². The summed E-state index contributed by atoms with van der Waals surface area (Å²) < 4.78 is 47.4. The first-order chi connectivity index (χ1) is 34.9. The molecule has 7 N–H and O–H groups in total. The van der Waals surface area contributed by atoms with E-state index in [-0.39, 0.29) is 6.42 Å². The maximum absolute atomic E-state index is 13.1. The van der Waals surface area contributed by atoms with Gasteiger partial charge in [-0.05, 0) is 38.5 Å². The zero-order valence-corrected chi connectivity index (χ0v) is 47.0. The van der Waals surface area contributed by atoms with Crippen molar-refractivity contribution in [3.05, 3.63) is 12.2 Å². The molecule has 1 heterocycles. The van der Waals surface area contributed by atoms with Crippen LogP contribution in [0.25, 0.3) is 0 Å². The minimum absolute atomic E-state index is 0.263. The summed E-state index contributed by atoms with van der Waals surface area (Å²) in [6, 6.07) is -1.03. The number of rotatable bonds is 53. The lowest BCUT2D eigenvalue weighted by Gasteiger charge is -2.41. The molecule has 0 aromatic rings. The molecule has 0 aliphatic carbocycles. The number of carbonyl (C=O) groups excluding carboxylic acids is 1. The molecule has 0 radical (unpaired) electrons. The van der Waals surface area contributed by atoms with Crippen LogP contribution in [-0.4, -0.2) is 107 Å². The van der Waals surface area contributed by atoms with E-state index in [9.17, 15) is 38.7 Å². The van der Waals surface area contributed by atoms with Gasteiger partial charge in [0.15, 0.2) is 6.29 Å². The first-order valence-electron chi connectivity index (χ1n) is 30.2. The van der Waals surface area contributed by atoms with Crippen molar-refractivity contribution in [2.24, 2.45) is 0 Å². The van der Waals surface area contributed by atoms with Gasteiger partial charge in [-0.1, -0.05) is 264 Å². The second-order valence-corrected chi connectivity index (χ2v) is 22.5. The predicted molar refractivity (Wildman–Crippen MR) is 293 cm³/mol. The summed E-state index contributed by atoms with van der Waals surface area (Å²) in [4.78, 5) is 13.1. The van der Waals surface area contributed by atoms with E-state index in [4.69, 9.17) is 14.0 Å². The number of aliphatic hydroxyl groups is 5. The number of carbonyl (C=O) groups is 1. The number of unbranched alkanes of at least 4 members (excludes halogenated alkanes) is 38. The standard InChI is InChI=1S/C58H113NO12S/c1-3-5-7-9-10-11-12-13-14-15-16-17-18-19-20-21-22-23-24-25-26-27-28-29-30-31-32-33-34-35-36-37-38-39-40-41-43-45-47-52(62)57(65)59-50(51(61)46-44-42-8-6-4-2)49-69-58-55(64)56(71-72(66,67)68)54(63)53(48-60)70-58/h25-26,50-56,58,60-64H,3-24,27-49H2,1-2H3,(H,59,65)(H,66,67,68)/b26-25-. The van der Waals surface area contributed by atoms with Crippen molar-refractivity contribution in [1.29, 1.82) is 0 Å². The molecule has 1 rings (SSSR count). The molecule has 8 unspecified atom stereocenters. The second kappa shape index (κ2) is 48.2. The Labute approximate surface area is 441 Å². The van der Waals surface area contributed by atoms with Crippen molar-refractivity contribution in [3.8, 4) is 0 Å². The third kappa shape index (κ3) is 39.2. The van der Waals surface area contributed by atoms with Crippen LogP contribution in [0.15, 0.2) is 12.2 Å². The fourth-order valence-corrected chi connectivity index (χ4v) is 10.4. The fraction of sp³-hybridized carbons (Fsp3) is 0.948. The predicted octanol–water partition coefficient (Wildman–Crippen LogP) is 13.2. The summed E-state index contributed by atoms with van der Waals surface area (Å²) in [5, 5.41) is 55.1. The van der Waals surface area contributed by atoms with Crippen molar-refractivity contribution in [1.82, 2.24) is 5.32 Å². The van der Waals surface area contributed by atoms with Crippen LogP contribution in [0.5, 0.6) is 0 Å². The Morgan fingerprint density at radius 1 is 0.542 bits per heavy atom. The Morgan fingerprint density at radius 3 is 1.25 bits per heavy atom. The molecule has 1 aliphatic heterocycles. The van der Waals surface area contributed by atoms with E-state index in [1.807, 2.05) is 0 Å². The molecule has 1 aliphatic rings. The third-order valence-electron chi connectivity index (χ3n) is 14.7. The van der Waals surface area contributed by atoms with Gasteiger partial charge in [0, 0.05) is 0 Å². The monoisotopic (exact) mass is 1050 g/mol. The van der Waals surface area contributed by atoms with Crippen LogP contribution in [0.2, 0.25) is 0 Å². The molecular formula is C58H113NO12S. The average molecular weight is 1050 g/mol. The molecule has 72 heavy (non-hydrogen) atoms. The average Bonchev–Trinajstić information content (AvgIpc) is 3.36. The topological polar surface area (TPSA) is 212 Å². The summed E-state index contributed by atoms with van der Waals surface area (Å²) in [6.45, 7) is 3.19. The van der Waals surface area contributed by atoms with Crippen molar-refractivity contribution < 1.29 is 57.0 Å². The van der Waals surface area contributed by atoms with Crippen molar-refractivity contribution >= 4 is 16.3 Å². The molecule has 1 amide bonds. The van der Waals surface area contributed by atoms with E-state index < -0.39 is 78.5 Å². The van der Waals surface area contributed by atoms with Crippen LogP contribution < -0.4 is 5.32 Å². The highest BCUT2D eigenvalue weighted by Crippen LogP contribution is 2.26. The van der Waals surface area contributed by atoms with E-state index in [1.165, 1.54) is 205 Å². The van der Waals surface area contributed by atoms with Gasteiger partial charge in [-0.3, -0.25) is 9.35 Å². The molecule has 14 heteroatoms. The van der Waals surface area contributed by atoms with Crippen LogP contribution in [0, 0.1) is 0 Å². The molecule has 1 saturated heterocycles. The normalized spacial score (nSPS) is 19.8. The Balaban J connectivity index is 2.05. The molecule has 0 saturated carbocycles. The summed E-state index contributed by atoms with van der Waals surface area (Å²) >= 11 is 0. The quantitative estimate of drug-likeness (QED) is 0.0172. The van der Waals surface area contributed by atoms with Crippen LogP contribution in [0.4, 0.5) is 0 Å². The van der Waals surface area contributed by atoms with Gasteiger partial charge in [0.1, 0.15) is 30.5 Å². The minimum atomic E-state index is -5.10. The maximum atomic E-state index is 13.1. The number of nitrogens with one attached hydrogen (secondary N) is 1. The van der Waals surface area contributed by atoms with E-state index in [0.29, 0.717) is 19.3 Å². The first-order valence-corrected chi connectivity index (χ1v) is 31.5. The summed E-state index contributed by atoms with van der Waals surface area (Å²) in [5.41, 5.74) is 0. The van der Waals surface area contributed by atoms with Gasteiger partial charge in [-0.15, -0.1) is 0 Å². The van der Waals surface area contributed by atoms with Crippen LogP contribution in [0.1, 0.15) is 290 Å². The van der Waals surface area contributed by atoms with Gasteiger partial charge < -0.3 is 40.3 Å². The maximum Gasteiger partial charge on any atom is 0.397 e. The second-order valence-electron chi connectivity index (χ2n) is 21.4. The van der Waals surface area contributed by atoms with Crippen LogP contribution >= 0.6 is 0 Å². The summed E-state index contributed by atoms with van der Waals surface area (Å²) in [5.74, 6) is -0.672. The number of allylic oxidation sites excluding steroid dienone is 2. The number of aliphatic hydroxyl groups excluding tert-OH is 5. The SMILES string of the molecule is CCCCCCCCCCCCCCCCCCCC/C=C\CCCCCCCCCCCCCCCCCCC(O)C(=O)NC(COC1OC(CO)C(O)C(OS(=O)(=O)O)C1O)C(O)CCCCCCC. The highest BCUT2D eigenvalue weighted by molar-refractivity contribution is 7.80. The van der Waals surface area contributed by atoms with Gasteiger partial charge >= 0.3 is 10.4 Å². The Kier molecular flexibility index (Phi) is 46.1. The lowest BCUT2D eigenvalue weighted by atomic mass is 9.99. The van der Waals surface area contributed by atoms with E-state index in [0.717, 1.165) is 44.9 Å². The lowest BCUT2D eigenvalue weighted by Crippen LogP contribution is -2.61. The molecule has 8 atom stereocenters. The third-order valence-corrected chi connectivity index (χ3v) is 15.1. The fourth-order valence-electron chi connectivity index (χ4n) is 9.93. The Hall–Kier alpha value is -1.20. The van der Waals surface area contributed by atoms with Crippen LogP contribution in [-0.2, 0) is 28.9 Å². The van der Waals surface area contributed by atoms with Gasteiger partial charge in [-0.25, -0.2) is 4.18 Å². The summed E-state index contributed by atoms with van der Waals surface area (Å²) in [7, 11) is -5.10. The lowest BCUT2D eigenvalue weighted by molar-refractivity contribution is -0.298. The summed E-state index contributed by atoms with van der Waals surface area (Å²) in [6.07, 6.45) is 46.8. The molecule has 0 aromatic heterocycles. The zero-order chi connectivity index (χ0) is 52.8. The first kappa shape index (κ1) is 68.8. The van der Waals surface area contributed by atoms with Gasteiger partial charge in [0.25, 0.3) is 0 Å². The van der Waals surface area contributed by atoms with Gasteiger partial charge in [0.05, 0.1) is 25.4 Å². The Bertz CT molecular complexity index is 1340. The van der Waals surface area contributed by atoms with Crippen molar-refractivity contribution in [2.75, 3.05) is 13.2 Å². The van der Waals surface area contributed by atoms with E-state index in [1.54, 1.807) is 0 Å². The minimum Gasteiger partial charge on any atom is -0.394 e. The Morgan fingerprint density at radius 2 is 0.889 bits per heavy atom. The van der Waals surface area contributed by atoms with Crippen molar-refractivity contribution in [3.63, 3.8) is 0 Å².